The summed E-state index contributed by atoms with van der Waals surface area (Å²) >= 11 is 3.20. The highest BCUT2D eigenvalue weighted by molar-refractivity contribution is 9.10. The van der Waals surface area contributed by atoms with Crippen LogP contribution in [0.5, 0.6) is 11.5 Å². The Kier molecular flexibility index (Phi) is 5.59. The standard InChI is InChI=1S/C16H14BrNO5/c1-22-13-8-10(16(20)21)7-12(17)15(13)23-9-14(19)18-11-5-3-2-4-6-11/h2-8H,9H2,1H3,(H,18,19)(H,20,21)/p-1. The zero-order chi connectivity index (χ0) is 16.8. The Hall–Kier alpha value is -2.54. The van der Waals surface area contributed by atoms with E-state index in [4.69, 9.17) is 9.47 Å². The van der Waals surface area contributed by atoms with Crippen LogP contribution in [0.25, 0.3) is 0 Å². The van der Waals surface area contributed by atoms with E-state index in [-0.39, 0.29) is 29.6 Å². The highest BCUT2D eigenvalue weighted by atomic mass is 79.9. The lowest BCUT2D eigenvalue weighted by molar-refractivity contribution is -0.255. The molecule has 120 valence electrons. The number of carbonyl (C=O) groups excluding carboxylic acids is 2. The number of benzene rings is 2. The lowest BCUT2D eigenvalue weighted by atomic mass is 10.2. The molecule has 1 N–H and O–H groups in total. The van der Waals surface area contributed by atoms with Gasteiger partial charge in [0.25, 0.3) is 5.91 Å². The molecule has 0 bridgehead atoms. The summed E-state index contributed by atoms with van der Waals surface area (Å²) in [4.78, 5) is 22.8. The highest BCUT2D eigenvalue weighted by Gasteiger charge is 2.14. The number of rotatable bonds is 6. The first kappa shape index (κ1) is 16.8. The molecule has 7 heteroatoms. The number of ether oxygens (including phenoxy) is 2. The summed E-state index contributed by atoms with van der Waals surface area (Å²) in [6.07, 6.45) is 0. The Balaban J connectivity index is 2.08. The van der Waals surface area contributed by atoms with E-state index in [1.54, 1.807) is 24.3 Å². The minimum absolute atomic E-state index is 0.0604. The Morgan fingerprint density at radius 3 is 2.52 bits per heavy atom. The minimum Gasteiger partial charge on any atom is -0.545 e. The lowest BCUT2D eigenvalue weighted by Gasteiger charge is -2.14. The van der Waals surface area contributed by atoms with Crippen LogP contribution in [0.2, 0.25) is 0 Å². The molecular formula is C16H13BrNO5-. The quantitative estimate of drug-likeness (QED) is 0.828. The first-order valence-corrected chi connectivity index (χ1v) is 7.37. The number of nitrogens with one attached hydrogen (secondary N) is 1. The number of aromatic carboxylic acids is 1. The van der Waals surface area contributed by atoms with Crippen LogP contribution in [0, 0.1) is 0 Å². The number of methoxy groups -OCH3 is 1. The van der Waals surface area contributed by atoms with E-state index < -0.39 is 5.97 Å². The van der Waals surface area contributed by atoms with Crippen LogP contribution in [0.3, 0.4) is 0 Å². The largest absolute Gasteiger partial charge is 0.545 e. The molecule has 0 aliphatic heterocycles. The van der Waals surface area contributed by atoms with E-state index in [1.807, 2.05) is 6.07 Å². The fourth-order valence-corrected chi connectivity index (χ4v) is 2.39. The van der Waals surface area contributed by atoms with Crippen LogP contribution in [0.1, 0.15) is 10.4 Å². The van der Waals surface area contributed by atoms with Gasteiger partial charge in [-0.2, -0.15) is 0 Å². The van der Waals surface area contributed by atoms with Gasteiger partial charge in [-0.05, 0) is 40.2 Å². The molecule has 6 nitrogen and oxygen atoms in total. The van der Waals surface area contributed by atoms with Crippen molar-refractivity contribution in [1.82, 2.24) is 0 Å². The molecule has 0 spiro atoms. The normalized spacial score (nSPS) is 10.0. The van der Waals surface area contributed by atoms with Gasteiger partial charge in [0.1, 0.15) is 0 Å². The number of hydrogen-bond donors (Lipinski definition) is 1. The molecule has 0 aromatic heterocycles. The second-order valence-corrected chi connectivity index (χ2v) is 5.33. The first-order chi connectivity index (χ1) is 11.0. The van der Waals surface area contributed by atoms with Crippen molar-refractivity contribution >= 4 is 33.5 Å². The molecule has 0 radical (unpaired) electrons. The van der Waals surface area contributed by atoms with Gasteiger partial charge in [0, 0.05) is 11.3 Å². The first-order valence-electron chi connectivity index (χ1n) is 6.58. The van der Waals surface area contributed by atoms with Gasteiger partial charge in [0.05, 0.1) is 17.6 Å². The van der Waals surface area contributed by atoms with Crippen molar-refractivity contribution in [2.24, 2.45) is 0 Å². The predicted molar refractivity (Wildman–Crippen MR) is 85.6 cm³/mol. The Morgan fingerprint density at radius 1 is 1.22 bits per heavy atom. The molecule has 0 aliphatic rings. The minimum atomic E-state index is -1.34. The van der Waals surface area contributed by atoms with Crippen molar-refractivity contribution < 1.29 is 24.2 Å². The molecule has 0 heterocycles. The second-order valence-electron chi connectivity index (χ2n) is 4.48. The lowest BCUT2D eigenvalue weighted by Crippen LogP contribution is -2.23. The summed E-state index contributed by atoms with van der Waals surface area (Å²) in [6, 6.07) is 11.5. The van der Waals surface area contributed by atoms with Crippen molar-refractivity contribution in [2.75, 3.05) is 19.0 Å². The average Bonchev–Trinajstić information content (AvgIpc) is 2.53. The molecule has 0 fully saturated rings. The summed E-state index contributed by atoms with van der Waals surface area (Å²) in [6.45, 7) is -0.255. The Bertz CT molecular complexity index is 718. The van der Waals surface area contributed by atoms with Gasteiger partial charge < -0.3 is 24.7 Å². The van der Waals surface area contributed by atoms with E-state index in [2.05, 4.69) is 21.2 Å². The van der Waals surface area contributed by atoms with Crippen molar-refractivity contribution in [3.8, 4) is 11.5 Å². The van der Waals surface area contributed by atoms with Crippen LogP contribution < -0.4 is 19.9 Å². The molecule has 0 unspecified atom stereocenters. The highest BCUT2D eigenvalue weighted by Crippen LogP contribution is 2.36. The number of para-hydroxylation sites is 1. The maximum Gasteiger partial charge on any atom is 0.262 e. The fourth-order valence-electron chi connectivity index (χ4n) is 1.83. The molecule has 2 rings (SSSR count). The number of halogens is 1. The smallest absolute Gasteiger partial charge is 0.262 e. The summed E-state index contributed by atoms with van der Waals surface area (Å²) in [5.41, 5.74) is 0.592. The summed E-state index contributed by atoms with van der Waals surface area (Å²) in [5, 5.41) is 13.6. The van der Waals surface area contributed by atoms with Gasteiger partial charge in [-0.15, -0.1) is 0 Å². The van der Waals surface area contributed by atoms with E-state index in [1.165, 1.54) is 19.2 Å². The molecule has 0 saturated heterocycles. The van der Waals surface area contributed by atoms with Crippen LogP contribution in [-0.4, -0.2) is 25.6 Å². The topological polar surface area (TPSA) is 87.7 Å². The average molecular weight is 379 g/mol. The van der Waals surface area contributed by atoms with Crippen molar-refractivity contribution in [3.05, 3.63) is 52.5 Å². The van der Waals surface area contributed by atoms with Crippen molar-refractivity contribution in [2.45, 2.75) is 0 Å². The predicted octanol–water partition coefficient (Wildman–Crippen LogP) is 1.84. The second kappa shape index (κ2) is 7.64. The fraction of sp³-hybridized carbons (Fsp3) is 0.125. The van der Waals surface area contributed by atoms with Crippen LogP contribution >= 0.6 is 15.9 Å². The zero-order valence-electron chi connectivity index (χ0n) is 12.2. The van der Waals surface area contributed by atoms with Gasteiger partial charge in [0.15, 0.2) is 18.1 Å². The van der Waals surface area contributed by atoms with Gasteiger partial charge >= 0.3 is 0 Å². The van der Waals surface area contributed by atoms with E-state index in [9.17, 15) is 14.7 Å². The monoisotopic (exact) mass is 378 g/mol. The maximum atomic E-state index is 11.9. The number of carboxylic acids is 1. The number of amides is 1. The molecule has 2 aromatic carbocycles. The molecule has 1 amide bonds. The third kappa shape index (κ3) is 4.46. The number of carbonyl (C=O) groups is 2. The molecule has 0 atom stereocenters. The summed E-state index contributed by atoms with van der Waals surface area (Å²) < 4.78 is 10.9. The van der Waals surface area contributed by atoms with E-state index in [0.717, 1.165) is 0 Å². The zero-order valence-corrected chi connectivity index (χ0v) is 13.8. The summed E-state index contributed by atoms with van der Waals surface area (Å²) in [5.74, 6) is -1.27. The SMILES string of the molecule is COc1cc(C(=O)[O-])cc(Br)c1OCC(=O)Nc1ccccc1. The Morgan fingerprint density at radius 2 is 1.91 bits per heavy atom. The molecule has 2 aromatic rings. The van der Waals surface area contributed by atoms with E-state index >= 15 is 0 Å². The van der Waals surface area contributed by atoms with Crippen LogP contribution in [-0.2, 0) is 4.79 Å². The van der Waals surface area contributed by atoms with Gasteiger partial charge in [-0.3, -0.25) is 4.79 Å². The van der Waals surface area contributed by atoms with Crippen LogP contribution in [0.4, 0.5) is 5.69 Å². The maximum absolute atomic E-state index is 11.9. The molecule has 0 saturated carbocycles. The van der Waals surface area contributed by atoms with Crippen molar-refractivity contribution in [3.63, 3.8) is 0 Å². The molecule has 0 aliphatic carbocycles. The summed E-state index contributed by atoms with van der Waals surface area (Å²) in [7, 11) is 1.37. The number of carboxylic acid groups (broad SMARTS) is 1. The van der Waals surface area contributed by atoms with Gasteiger partial charge in [-0.25, -0.2) is 0 Å². The number of hydrogen-bond acceptors (Lipinski definition) is 5. The third-order valence-electron chi connectivity index (χ3n) is 2.87. The third-order valence-corrected chi connectivity index (χ3v) is 3.46. The Labute approximate surface area is 141 Å². The molecular weight excluding hydrogens is 366 g/mol. The van der Waals surface area contributed by atoms with Crippen molar-refractivity contribution in [1.29, 1.82) is 0 Å². The van der Waals surface area contributed by atoms with Crippen LogP contribution in [0.15, 0.2) is 46.9 Å². The van der Waals surface area contributed by atoms with E-state index in [0.29, 0.717) is 10.2 Å². The van der Waals surface area contributed by atoms with Gasteiger partial charge in [-0.1, -0.05) is 18.2 Å². The molecule has 23 heavy (non-hydrogen) atoms. The number of anilines is 1. The van der Waals surface area contributed by atoms with Gasteiger partial charge in [0.2, 0.25) is 0 Å².